The monoisotopic (exact) mass is 401 g/mol. The Hall–Kier alpha value is -3.03. The lowest BCUT2D eigenvalue weighted by Crippen LogP contribution is -2.35. The summed E-state index contributed by atoms with van der Waals surface area (Å²) in [6.45, 7) is 9.35. The molecule has 8 heteroatoms. The van der Waals surface area contributed by atoms with Crippen molar-refractivity contribution in [3.8, 4) is 0 Å². The summed E-state index contributed by atoms with van der Waals surface area (Å²) in [6.07, 6.45) is -0.512. The molecule has 0 bridgehead atoms. The highest BCUT2D eigenvalue weighted by molar-refractivity contribution is 5.92. The zero-order valence-corrected chi connectivity index (χ0v) is 17.4. The molecule has 1 aliphatic heterocycles. The van der Waals surface area contributed by atoms with E-state index in [9.17, 15) is 14.4 Å². The second-order valence-electron chi connectivity index (χ2n) is 8.03. The highest BCUT2D eigenvalue weighted by atomic mass is 16.6. The minimum atomic E-state index is -0.732. The van der Waals surface area contributed by atoms with Crippen LogP contribution < -0.4 is 5.32 Å². The van der Waals surface area contributed by atoms with E-state index in [2.05, 4.69) is 5.32 Å². The molecular formula is C21H27N3O5. The minimum Gasteiger partial charge on any atom is -0.464 e. The van der Waals surface area contributed by atoms with E-state index in [1.54, 1.807) is 27.7 Å². The van der Waals surface area contributed by atoms with Gasteiger partial charge in [-0.15, -0.1) is 0 Å². The Morgan fingerprint density at radius 2 is 1.97 bits per heavy atom. The number of esters is 1. The highest BCUT2D eigenvalue weighted by Crippen LogP contribution is 2.30. The third kappa shape index (κ3) is 4.21. The SMILES string of the molecule is CCOC(=O)C1CN(C(C)c2cc3ccccc3n2C(=O)OC(C)(C)C)C(=O)N1. The summed E-state index contributed by atoms with van der Waals surface area (Å²) in [6, 6.07) is 7.76. The Balaban J connectivity index is 1.96. The first-order valence-electron chi connectivity index (χ1n) is 9.70. The quantitative estimate of drug-likeness (QED) is 0.793. The van der Waals surface area contributed by atoms with Gasteiger partial charge in [0.2, 0.25) is 0 Å². The number of para-hydroxylation sites is 1. The molecule has 29 heavy (non-hydrogen) atoms. The molecule has 1 aromatic heterocycles. The average Bonchev–Trinajstić information content (AvgIpc) is 3.20. The number of amides is 2. The van der Waals surface area contributed by atoms with Crippen molar-refractivity contribution in [2.45, 2.75) is 52.3 Å². The molecule has 1 saturated heterocycles. The largest absolute Gasteiger partial charge is 0.464 e. The molecule has 2 amide bonds. The van der Waals surface area contributed by atoms with Gasteiger partial charge in [-0.3, -0.25) is 0 Å². The first-order chi connectivity index (χ1) is 13.6. The lowest BCUT2D eigenvalue weighted by Gasteiger charge is -2.26. The molecule has 0 saturated carbocycles. The standard InChI is InChI=1S/C21H27N3O5/c1-6-28-18(25)15-12-23(19(26)22-15)13(2)17-11-14-9-7-8-10-16(14)24(17)20(27)29-21(3,4)5/h7-11,13,15H,6,12H2,1-5H3,(H,22,26). The Kier molecular flexibility index (Phi) is 5.55. The predicted octanol–water partition coefficient (Wildman–Crippen LogP) is 3.44. The summed E-state index contributed by atoms with van der Waals surface area (Å²) < 4.78 is 12.1. The normalized spacial score (nSPS) is 17.9. The average molecular weight is 401 g/mol. The molecule has 2 aromatic rings. The molecule has 0 aliphatic carbocycles. The van der Waals surface area contributed by atoms with Gasteiger partial charge in [-0.25, -0.2) is 19.0 Å². The van der Waals surface area contributed by atoms with Gasteiger partial charge < -0.3 is 19.7 Å². The number of nitrogens with zero attached hydrogens (tertiary/aromatic N) is 2. The number of ether oxygens (including phenoxy) is 2. The molecule has 1 fully saturated rings. The van der Waals surface area contributed by atoms with Gasteiger partial charge in [-0.2, -0.15) is 0 Å². The number of rotatable bonds is 4. The van der Waals surface area contributed by atoms with Crippen molar-refractivity contribution in [1.82, 2.24) is 14.8 Å². The molecule has 2 atom stereocenters. The van der Waals surface area contributed by atoms with E-state index >= 15 is 0 Å². The van der Waals surface area contributed by atoms with Crippen LogP contribution in [0.15, 0.2) is 30.3 Å². The van der Waals surface area contributed by atoms with Crippen molar-refractivity contribution >= 4 is 29.0 Å². The van der Waals surface area contributed by atoms with E-state index in [4.69, 9.17) is 9.47 Å². The summed E-state index contributed by atoms with van der Waals surface area (Å²) in [7, 11) is 0. The minimum absolute atomic E-state index is 0.161. The maximum absolute atomic E-state index is 13.0. The number of carbonyl (C=O) groups excluding carboxylic acids is 3. The Morgan fingerprint density at radius 3 is 2.62 bits per heavy atom. The molecule has 0 spiro atoms. The number of aromatic nitrogens is 1. The summed E-state index contributed by atoms with van der Waals surface area (Å²) in [4.78, 5) is 39.0. The molecular weight excluding hydrogens is 374 g/mol. The molecule has 1 aromatic carbocycles. The molecule has 1 N–H and O–H groups in total. The van der Waals surface area contributed by atoms with E-state index < -0.39 is 29.7 Å². The van der Waals surface area contributed by atoms with Crippen LogP contribution in [0.25, 0.3) is 10.9 Å². The first kappa shape index (κ1) is 20.7. The van der Waals surface area contributed by atoms with Crippen molar-refractivity contribution in [3.05, 3.63) is 36.0 Å². The topological polar surface area (TPSA) is 89.9 Å². The summed E-state index contributed by atoms with van der Waals surface area (Å²) >= 11 is 0. The number of hydrogen-bond donors (Lipinski definition) is 1. The smallest absolute Gasteiger partial charge is 0.419 e. The van der Waals surface area contributed by atoms with Crippen LogP contribution in [0.4, 0.5) is 9.59 Å². The number of urea groups is 1. The van der Waals surface area contributed by atoms with Crippen molar-refractivity contribution in [3.63, 3.8) is 0 Å². The van der Waals surface area contributed by atoms with Crippen LogP contribution in [-0.2, 0) is 14.3 Å². The second-order valence-corrected chi connectivity index (χ2v) is 8.03. The third-order valence-electron chi connectivity index (χ3n) is 4.72. The fraction of sp³-hybridized carbons (Fsp3) is 0.476. The molecule has 2 unspecified atom stereocenters. The van der Waals surface area contributed by atoms with Crippen molar-refractivity contribution in [1.29, 1.82) is 0 Å². The molecule has 3 rings (SSSR count). The van der Waals surface area contributed by atoms with E-state index in [0.717, 1.165) is 5.39 Å². The third-order valence-corrected chi connectivity index (χ3v) is 4.72. The number of fused-ring (bicyclic) bond motifs is 1. The highest BCUT2D eigenvalue weighted by Gasteiger charge is 2.39. The van der Waals surface area contributed by atoms with Gasteiger partial charge in [-0.05, 0) is 46.8 Å². The predicted molar refractivity (Wildman–Crippen MR) is 108 cm³/mol. The van der Waals surface area contributed by atoms with Gasteiger partial charge in [-0.1, -0.05) is 18.2 Å². The van der Waals surface area contributed by atoms with Crippen LogP contribution in [0.2, 0.25) is 0 Å². The second kappa shape index (κ2) is 7.77. The maximum atomic E-state index is 13.0. The maximum Gasteiger partial charge on any atom is 0.419 e. The summed E-state index contributed by atoms with van der Waals surface area (Å²) in [5.74, 6) is -0.469. The Bertz CT molecular complexity index is 943. The fourth-order valence-corrected chi connectivity index (χ4v) is 3.42. The van der Waals surface area contributed by atoms with Crippen molar-refractivity contribution in [2.24, 2.45) is 0 Å². The van der Waals surface area contributed by atoms with Gasteiger partial charge >= 0.3 is 18.1 Å². The van der Waals surface area contributed by atoms with E-state index in [1.807, 2.05) is 37.3 Å². The number of carbonyl (C=O) groups is 3. The van der Waals surface area contributed by atoms with Gasteiger partial charge in [0.25, 0.3) is 0 Å². The first-order valence-corrected chi connectivity index (χ1v) is 9.70. The lowest BCUT2D eigenvalue weighted by atomic mass is 10.2. The molecule has 2 heterocycles. The Morgan fingerprint density at radius 1 is 1.28 bits per heavy atom. The summed E-state index contributed by atoms with van der Waals surface area (Å²) in [5, 5.41) is 3.51. The van der Waals surface area contributed by atoms with Gasteiger partial charge in [0.15, 0.2) is 0 Å². The van der Waals surface area contributed by atoms with Crippen LogP contribution in [-0.4, -0.2) is 52.4 Å². The number of hydrogen-bond acceptors (Lipinski definition) is 5. The van der Waals surface area contributed by atoms with Crippen LogP contribution in [0.5, 0.6) is 0 Å². The van der Waals surface area contributed by atoms with Crippen LogP contribution >= 0.6 is 0 Å². The lowest BCUT2D eigenvalue weighted by molar-refractivity contribution is -0.145. The van der Waals surface area contributed by atoms with Crippen molar-refractivity contribution < 1.29 is 23.9 Å². The fourth-order valence-electron chi connectivity index (χ4n) is 3.42. The van der Waals surface area contributed by atoms with Gasteiger partial charge in [0.1, 0.15) is 11.6 Å². The zero-order chi connectivity index (χ0) is 21.3. The molecule has 0 radical (unpaired) electrons. The summed E-state index contributed by atoms with van der Waals surface area (Å²) in [5.41, 5.74) is 0.647. The van der Waals surface area contributed by atoms with Crippen LogP contribution in [0, 0.1) is 0 Å². The number of benzene rings is 1. The molecule has 1 aliphatic rings. The number of nitrogens with one attached hydrogen (secondary N) is 1. The van der Waals surface area contributed by atoms with Crippen LogP contribution in [0.1, 0.15) is 46.4 Å². The zero-order valence-electron chi connectivity index (χ0n) is 17.4. The van der Waals surface area contributed by atoms with Crippen molar-refractivity contribution in [2.75, 3.05) is 13.2 Å². The van der Waals surface area contributed by atoms with E-state index in [0.29, 0.717) is 11.2 Å². The molecule has 8 nitrogen and oxygen atoms in total. The molecule has 156 valence electrons. The van der Waals surface area contributed by atoms with Crippen LogP contribution in [0.3, 0.4) is 0 Å². The van der Waals surface area contributed by atoms with E-state index in [-0.39, 0.29) is 19.2 Å². The Labute approximate surface area is 169 Å². The van der Waals surface area contributed by atoms with Gasteiger partial charge in [0, 0.05) is 5.39 Å². The van der Waals surface area contributed by atoms with Gasteiger partial charge in [0.05, 0.1) is 30.4 Å². The van der Waals surface area contributed by atoms with E-state index in [1.165, 1.54) is 9.47 Å².